The van der Waals surface area contributed by atoms with E-state index in [1.165, 1.54) is 0 Å². The quantitative estimate of drug-likeness (QED) is 0.254. The number of rotatable bonds is 9. The summed E-state index contributed by atoms with van der Waals surface area (Å²) < 4.78 is 0. The van der Waals surface area contributed by atoms with Crippen LogP contribution in [0.2, 0.25) is 0 Å². The molecule has 0 atom stereocenters. The van der Waals surface area contributed by atoms with Crippen molar-refractivity contribution >= 4 is 41.8 Å². The molecule has 32 heavy (non-hydrogen) atoms. The van der Waals surface area contributed by atoms with Gasteiger partial charge >= 0.3 is 0 Å². The van der Waals surface area contributed by atoms with Gasteiger partial charge in [-0.25, -0.2) is 4.99 Å². The summed E-state index contributed by atoms with van der Waals surface area (Å²) in [5.41, 5.74) is 3.33. The van der Waals surface area contributed by atoms with Crippen molar-refractivity contribution in [3.63, 3.8) is 0 Å². The van der Waals surface area contributed by atoms with Crippen LogP contribution in [0.5, 0.6) is 0 Å². The van der Waals surface area contributed by atoms with Crippen LogP contribution in [-0.4, -0.2) is 49.9 Å². The molecule has 0 unspecified atom stereocenters. The van der Waals surface area contributed by atoms with E-state index in [1.807, 2.05) is 62.4 Å². The van der Waals surface area contributed by atoms with Gasteiger partial charge in [0.15, 0.2) is 5.96 Å². The van der Waals surface area contributed by atoms with Crippen molar-refractivity contribution in [3.8, 4) is 0 Å². The summed E-state index contributed by atoms with van der Waals surface area (Å²) in [5.74, 6) is 0.616. The minimum atomic E-state index is -0.0612. The molecule has 2 aromatic carbocycles. The second-order valence-electron chi connectivity index (χ2n) is 7.40. The summed E-state index contributed by atoms with van der Waals surface area (Å²) in [6.07, 6.45) is 0.905. The van der Waals surface area contributed by atoms with Crippen molar-refractivity contribution in [2.24, 2.45) is 4.99 Å². The third kappa shape index (κ3) is 8.86. The maximum Gasteiger partial charge on any atom is 0.253 e. The summed E-state index contributed by atoms with van der Waals surface area (Å²) in [5, 5.41) is 9.43. The molecule has 2 amide bonds. The van der Waals surface area contributed by atoms with Gasteiger partial charge in [-0.1, -0.05) is 31.2 Å². The maximum atomic E-state index is 12.2. The first kappa shape index (κ1) is 27.4. The van der Waals surface area contributed by atoms with Crippen LogP contribution in [-0.2, 0) is 13.1 Å². The Balaban J connectivity index is 0.00000512. The molecule has 0 aliphatic rings. The Morgan fingerprint density at radius 1 is 0.906 bits per heavy atom. The van der Waals surface area contributed by atoms with Crippen LogP contribution >= 0.6 is 24.0 Å². The fourth-order valence-electron chi connectivity index (χ4n) is 2.87. The molecule has 0 fully saturated rings. The highest BCUT2D eigenvalue weighted by atomic mass is 127. The number of hydrogen-bond acceptors (Lipinski definition) is 3. The largest absolute Gasteiger partial charge is 0.357 e. The highest BCUT2D eigenvalue weighted by Gasteiger charge is 2.08. The molecule has 0 aliphatic heterocycles. The predicted molar refractivity (Wildman–Crippen MR) is 141 cm³/mol. The van der Waals surface area contributed by atoms with Crippen molar-refractivity contribution in [2.75, 3.05) is 27.2 Å². The normalized spacial score (nSPS) is 10.7. The Hall–Kier alpha value is -2.62. The number of amides is 2. The Kier molecular flexibility index (Phi) is 12.4. The number of nitrogens with zero attached hydrogens (tertiary/aromatic N) is 2. The van der Waals surface area contributed by atoms with Gasteiger partial charge in [-0.3, -0.25) is 9.59 Å². The zero-order valence-corrected chi connectivity index (χ0v) is 21.6. The Morgan fingerprint density at radius 2 is 1.62 bits per heavy atom. The average Bonchev–Trinajstić information content (AvgIpc) is 2.79. The smallest absolute Gasteiger partial charge is 0.253 e. The zero-order valence-electron chi connectivity index (χ0n) is 19.3. The van der Waals surface area contributed by atoms with Gasteiger partial charge < -0.3 is 20.9 Å². The molecule has 3 N–H and O–H groups in total. The molecule has 0 bridgehead atoms. The van der Waals surface area contributed by atoms with Crippen molar-refractivity contribution in [1.82, 2.24) is 20.9 Å². The SMILES string of the molecule is CCCNC(=O)c1cccc(CN=C(NCC)NCc2ccc(C(=O)N(C)C)cc2)c1.I. The lowest BCUT2D eigenvalue weighted by atomic mass is 10.1. The van der Waals surface area contributed by atoms with E-state index in [0.29, 0.717) is 36.7 Å². The maximum absolute atomic E-state index is 12.2. The lowest BCUT2D eigenvalue weighted by Crippen LogP contribution is -2.36. The van der Waals surface area contributed by atoms with E-state index in [1.54, 1.807) is 19.0 Å². The van der Waals surface area contributed by atoms with Crippen LogP contribution in [0.4, 0.5) is 0 Å². The molecule has 174 valence electrons. The van der Waals surface area contributed by atoms with Crippen molar-refractivity contribution in [3.05, 3.63) is 70.8 Å². The Bertz CT molecular complexity index is 898. The summed E-state index contributed by atoms with van der Waals surface area (Å²) >= 11 is 0. The minimum absolute atomic E-state index is 0. The number of benzene rings is 2. The van der Waals surface area contributed by atoms with E-state index >= 15 is 0 Å². The summed E-state index contributed by atoms with van der Waals surface area (Å²) in [7, 11) is 3.48. The van der Waals surface area contributed by atoms with Crippen molar-refractivity contribution in [1.29, 1.82) is 0 Å². The van der Waals surface area contributed by atoms with Crippen LogP contribution in [0.3, 0.4) is 0 Å². The number of carbonyl (C=O) groups is 2. The number of guanidine groups is 1. The molecular weight excluding hydrogens is 517 g/mol. The average molecular weight is 551 g/mol. The van der Waals surface area contributed by atoms with Crippen molar-refractivity contribution in [2.45, 2.75) is 33.4 Å². The number of nitrogens with one attached hydrogen (secondary N) is 3. The van der Waals surface area contributed by atoms with E-state index in [-0.39, 0.29) is 35.8 Å². The minimum Gasteiger partial charge on any atom is -0.357 e. The number of aliphatic imine (C=N–C) groups is 1. The van der Waals surface area contributed by atoms with Gasteiger partial charge in [-0.05, 0) is 48.7 Å². The fourth-order valence-corrected chi connectivity index (χ4v) is 2.87. The molecule has 0 heterocycles. The Labute approximate surface area is 208 Å². The van der Waals surface area contributed by atoms with Crippen LogP contribution in [0.15, 0.2) is 53.5 Å². The summed E-state index contributed by atoms with van der Waals surface area (Å²) in [4.78, 5) is 30.4. The fraction of sp³-hybridized carbons (Fsp3) is 0.375. The highest BCUT2D eigenvalue weighted by Crippen LogP contribution is 2.08. The molecule has 0 aromatic heterocycles. The van der Waals surface area contributed by atoms with Crippen LogP contribution in [0, 0.1) is 0 Å². The van der Waals surface area contributed by atoms with E-state index in [9.17, 15) is 9.59 Å². The molecule has 0 saturated carbocycles. The molecular formula is C24H34IN5O2. The molecule has 2 rings (SSSR count). The van der Waals surface area contributed by atoms with E-state index in [4.69, 9.17) is 0 Å². The number of hydrogen-bond donors (Lipinski definition) is 3. The second kappa shape index (κ2) is 14.4. The topological polar surface area (TPSA) is 85.8 Å². The van der Waals surface area contributed by atoms with Crippen molar-refractivity contribution < 1.29 is 9.59 Å². The molecule has 0 spiro atoms. The molecule has 0 aliphatic carbocycles. The van der Waals surface area contributed by atoms with E-state index in [2.05, 4.69) is 20.9 Å². The lowest BCUT2D eigenvalue weighted by molar-refractivity contribution is 0.0827. The first-order valence-corrected chi connectivity index (χ1v) is 10.6. The van der Waals surface area contributed by atoms with Gasteiger partial charge in [0.2, 0.25) is 0 Å². The van der Waals surface area contributed by atoms with Gasteiger partial charge in [0.25, 0.3) is 11.8 Å². The summed E-state index contributed by atoms with van der Waals surface area (Å²) in [6.45, 7) is 6.49. The second-order valence-corrected chi connectivity index (χ2v) is 7.40. The van der Waals surface area contributed by atoms with Crippen LogP contribution in [0.1, 0.15) is 52.1 Å². The molecule has 2 aromatic rings. The van der Waals surface area contributed by atoms with Gasteiger partial charge in [0.05, 0.1) is 6.54 Å². The van der Waals surface area contributed by atoms with Crippen LogP contribution < -0.4 is 16.0 Å². The molecule has 8 heteroatoms. The van der Waals surface area contributed by atoms with Gasteiger partial charge in [0, 0.05) is 44.9 Å². The lowest BCUT2D eigenvalue weighted by Gasteiger charge is -2.13. The monoisotopic (exact) mass is 551 g/mol. The molecule has 7 nitrogen and oxygen atoms in total. The zero-order chi connectivity index (χ0) is 22.6. The summed E-state index contributed by atoms with van der Waals surface area (Å²) in [6, 6.07) is 15.1. The highest BCUT2D eigenvalue weighted by molar-refractivity contribution is 14.0. The van der Waals surface area contributed by atoms with Crippen LogP contribution in [0.25, 0.3) is 0 Å². The predicted octanol–water partition coefficient (Wildman–Crippen LogP) is 3.40. The third-order valence-corrected chi connectivity index (χ3v) is 4.56. The number of carbonyl (C=O) groups excluding carboxylic acids is 2. The number of halogens is 1. The van der Waals surface area contributed by atoms with Gasteiger partial charge in [-0.15, -0.1) is 24.0 Å². The first-order valence-electron chi connectivity index (χ1n) is 10.6. The van der Waals surface area contributed by atoms with E-state index in [0.717, 1.165) is 24.1 Å². The van der Waals surface area contributed by atoms with Gasteiger partial charge in [-0.2, -0.15) is 0 Å². The molecule has 0 radical (unpaired) electrons. The third-order valence-electron chi connectivity index (χ3n) is 4.56. The standard InChI is InChI=1S/C24H33N5O2.HI/c1-5-14-26-22(30)21-9-7-8-19(15-21)17-28-24(25-6-2)27-16-18-10-12-20(13-11-18)23(31)29(3)4;/h7-13,15H,5-6,14,16-17H2,1-4H3,(H,26,30)(H2,25,27,28);1H. The molecule has 0 saturated heterocycles. The van der Waals surface area contributed by atoms with E-state index < -0.39 is 0 Å². The Morgan fingerprint density at radius 3 is 2.25 bits per heavy atom. The first-order chi connectivity index (χ1) is 14.9. The van der Waals surface area contributed by atoms with Gasteiger partial charge in [0.1, 0.15) is 0 Å².